The van der Waals surface area contributed by atoms with Gasteiger partial charge in [-0.3, -0.25) is 9.59 Å². The van der Waals surface area contributed by atoms with Gasteiger partial charge in [-0.25, -0.2) is 13.1 Å². The molecule has 1 fully saturated rings. The topological polar surface area (TPSA) is 113 Å². The van der Waals surface area contributed by atoms with Crippen LogP contribution < -0.4 is 4.72 Å². The van der Waals surface area contributed by atoms with E-state index in [2.05, 4.69) is 4.72 Å². The highest BCUT2D eigenvalue weighted by atomic mass is 32.2. The summed E-state index contributed by atoms with van der Waals surface area (Å²) < 4.78 is 30.1. The summed E-state index contributed by atoms with van der Waals surface area (Å²) >= 11 is 0. The number of aliphatic carboxylic acids is 1. The van der Waals surface area contributed by atoms with E-state index in [-0.39, 0.29) is 18.8 Å². The average Bonchev–Trinajstić information content (AvgIpc) is 2.86. The number of hydrogen-bond donors (Lipinski definition) is 2. The Morgan fingerprint density at radius 1 is 1.45 bits per heavy atom. The molecule has 1 atom stereocenters. The molecule has 20 heavy (non-hydrogen) atoms. The molecular weight excluding hydrogens is 288 g/mol. The number of methoxy groups -OCH3 is 1. The van der Waals surface area contributed by atoms with E-state index in [0.29, 0.717) is 26.0 Å². The molecule has 0 saturated carbocycles. The lowest BCUT2D eigenvalue weighted by atomic mass is 10.1. The van der Waals surface area contributed by atoms with Gasteiger partial charge in [0.1, 0.15) is 0 Å². The molecule has 1 saturated heterocycles. The van der Waals surface area contributed by atoms with E-state index in [4.69, 9.17) is 9.84 Å². The van der Waals surface area contributed by atoms with Crippen LogP contribution in [0.25, 0.3) is 0 Å². The maximum atomic E-state index is 11.8. The SMILES string of the molecule is COCCCS(=O)(=O)NCC(=O)N1CCC(C(=O)O)C1. The third kappa shape index (κ3) is 5.43. The largest absolute Gasteiger partial charge is 0.481 e. The Morgan fingerprint density at radius 3 is 2.70 bits per heavy atom. The Balaban J connectivity index is 2.35. The van der Waals surface area contributed by atoms with Gasteiger partial charge in [-0.15, -0.1) is 0 Å². The first-order valence-electron chi connectivity index (χ1n) is 6.32. The van der Waals surface area contributed by atoms with Crippen LogP contribution in [0.1, 0.15) is 12.8 Å². The van der Waals surface area contributed by atoms with Crippen molar-refractivity contribution in [2.75, 3.05) is 39.1 Å². The Hall–Kier alpha value is -1.19. The number of carbonyl (C=O) groups is 2. The van der Waals surface area contributed by atoms with Gasteiger partial charge in [0.2, 0.25) is 15.9 Å². The van der Waals surface area contributed by atoms with Gasteiger partial charge in [0.05, 0.1) is 18.2 Å². The number of nitrogens with one attached hydrogen (secondary N) is 1. The molecule has 2 N–H and O–H groups in total. The molecule has 1 aliphatic heterocycles. The van der Waals surface area contributed by atoms with Crippen molar-refractivity contribution in [1.82, 2.24) is 9.62 Å². The van der Waals surface area contributed by atoms with Crippen LogP contribution >= 0.6 is 0 Å². The van der Waals surface area contributed by atoms with E-state index in [1.165, 1.54) is 12.0 Å². The van der Waals surface area contributed by atoms with Gasteiger partial charge < -0.3 is 14.7 Å². The molecule has 1 rings (SSSR count). The van der Waals surface area contributed by atoms with E-state index in [9.17, 15) is 18.0 Å². The van der Waals surface area contributed by atoms with E-state index < -0.39 is 27.8 Å². The van der Waals surface area contributed by atoms with E-state index in [1.54, 1.807) is 0 Å². The monoisotopic (exact) mass is 308 g/mol. The highest BCUT2D eigenvalue weighted by Gasteiger charge is 2.30. The van der Waals surface area contributed by atoms with Crippen LogP contribution in [0, 0.1) is 5.92 Å². The van der Waals surface area contributed by atoms with Gasteiger partial charge in [-0.2, -0.15) is 0 Å². The van der Waals surface area contributed by atoms with Gasteiger partial charge in [0.15, 0.2) is 0 Å². The Morgan fingerprint density at radius 2 is 2.15 bits per heavy atom. The summed E-state index contributed by atoms with van der Waals surface area (Å²) in [6.07, 6.45) is 0.756. The summed E-state index contributed by atoms with van der Waals surface area (Å²) in [4.78, 5) is 23.9. The third-order valence-electron chi connectivity index (χ3n) is 3.10. The van der Waals surface area contributed by atoms with Crippen LogP contribution in [0.2, 0.25) is 0 Å². The van der Waals surface area contributed by atoms with Gasteiger partial charge in [-0.1, -0.05) is 0 Å². The lowest BCUT2D eigenvalue weighted by Crippen LogP contribution is -2.40. The fraction of sp³-hybridized carbons (Fsp3) is 0.818. The molecular formula is C11H20N2O6S. The molecule has 1 aliphatic rings. The second-order valence-corrected chi connectivity index (χ2v) is 6.58. The number of rotatable bonds is 8. The lowest BCUT2D eigenvalue weighted by Gasteiger charge is -2.16. The maximum Gasteiger partial charge on any atom is 0.308 e. The van der Waals surface area contributed by atoms with E-state index >= 15 is 0 Å². The Labute approximate surface area is 118 Å². The predicted molar refractivity (Wildman–Crippen MR) is 70.6 cm³/mol. The molecule has 0 aromatic carbocycles. The summed E-state index contributed by atoms with van der Waals surface area (Å²) in [6.45, 7) is 0.490. The predicted octanol–water partition coefficient (Wildman–Crippen LogP) is -1.12. The minimum absolute atomic E-state index is 0.105. The van der Waals surface area contributed by atoms with Crippen LogP contribution in [-0.2, 0) is 24.3 Å². The lowest BCUT2D eigenvalue weighted by molar-refractivity contribution is -0.141. The zero-order valence-electron chi connectivity index (χ0n) is 11.4. The van der Waals surface area contributed by atoms with Crippen molar-refractivity contribution in [2.45, 2.75) is 12.8 Å². The van der Waals surface area contributed by atoms with Crippen LogP contribution in [0.5, 0.6) is 0 Å². The number of likely N-dealkylation sites (tertiary alicyclic amines) is 1. The van der Waals surface area contributed by atoms with E-state index in [1.807, 2.05) is 0 Å². The minimum atomic E-state index is -3.50. The number of ether oxygens (including phenoxy) is 1. The number of carboxylic acids is 1. The van der Waals surface area contributed by atoms with Gasteiger partial charge in [-0.05, 0) is 12.8 Å². The summed E-state index contributed by atoms with van der Waals surface area (Å²) in [5, 5.41) is 8.83. The maximum absolute atomic E-state index is 11.8. The average molecular weight is 308 g/mol. The van der Waals surface area contributed by atoms with Crippen molar-refractivity contribution < 1.29 is 27.9 Å². The summed E-state index contributed by atoms with van der Waals surface area (Å²) in [6, 6.07) is 0. The first-order chi connectivity index (χ1) is 9.35. The van der Waals surface area contributed by atoms with Crippen molar-refractivity contribution in [3.63, 3.8) is 0 Å². The second kappa shape index (κ2) is 7.55. The summed E-state index contributed by atoms with van der Waals surface area (Å²) in [5.41, 5.74) is 0. The van der Waals surface area contributed by atoms with Crippen molar-refractivity contribution in [3.8, 4) is 0 Å². The van der Waals surface area contributed by atoms with Crippen LogP contribution in [0.15, 0.2) is 0 Å². The molecule has 0 radical (unpaired) electrons. The van der Waals surface area contributed by atoms with Crippen molar-refractivity contribution in [2.24, 2.45) is 5.92 Å². The first-order valence-corrected chi connectivity index (χ1v) is 7.98. The van der Waals surface area contributed by atoms with Gasteiger partial charge in [0, 0.05) is 26.8 Å². The normalized spacial score (nSPS) is 19.2. The molecule has 1 amide bonds. The van der Waals surface area contributed by atoms with Gasteiger partial charge in [0.25, 0.3) is 0 Å². The molecule has 1 heterocycles. The number of nitrogens with zero attached hydrogens (tertiary/aromatic N) is 1. The zero-order valence-corrected chi connectivity index (χ0v) is 12.2. The number of hydrogen-bond acceptors (Lipinski definition) is 5. The van der Waals surface area contributed by atoms with Gasteiger partial charge >= 0.3 is 5.97 Å². The molecule has 0 aromatic heterocycles. The molecule has 1 unspecified atom stereocenters. The molecule has 116 valence electrons. The molecule has 0 aliphatic carbocycles. The second-order valence-electron chi connectivity index (χ2n) is 4.65. The fourth-order valence-corrected chi connectivity index (χ4v) is 2.92. The zero-order chi connectivity index (χ0) is 15.2. The number of sulfonamides is 1. The molecule has 9 heteroatoms. The Kier molecular flexibility index (Phi) is 6.37. The Bertz CT molecular complexity index is 450. The molecule has 8 nitrogen and oxygen atoms in total. The quantitative estimate of drug-likeness (QED) is 0.549. The molecule has 0 aromatic rings. The molecule has 0 spiro atoms. The highest BCUT2D eigenvalue weighted by molar-refractivity contribution is 7.89. The van der Waals surface area contributed by atoms with Crippen molar-refractivity contribution >= 4 is 21.9 Å². The number of carboxylic acid groups (broad SMARTS) is 1. The summed E-state index contributed by atoms with van der Waals surface area (Å²) in [5.74, 6) is -1.99. The van der Waals surface area contributed by atoms with Crippen molar-refractivity contribution in [3.05, 3.63) is 0 Å². The van der Waals surface area contributed by atoms with E-state index in [0.717, 1.165) is 0 Å². The number of amides is 1. The third-order valence-corrected chi connectivity index (χ3v) is 4.51. The van der Waals surface area contributed by atoms with Crippen molar-refractivity contribution in [1.29, 1.82) is 0 Å². The highest BCUT2D eigenvalue weighted by Crippen LogP contribution is 2.16. The minimum Gasteiger partial charge on any atom is -0.481 e. The van der Waals surface area contributed by atoms with Crippen LogP contribution in [0.4, 0.5) is 0 Å². The number of carbonyl (C=O) groups excluding carboxylic acids is 1. The fourth-order valence-electron chi connectivity index (χ4n) is 1.94. The van der Waals surface area contributed by atoms with Crippen LogP contribution in [-0.4, -0.2) is 69.4 Å². The first kappa shape index (κ1) is 16.9. The smallest absolute Gasteiger partial charge is 0.308 e. The standard InChI is InChI=1S/C11H20N2O6S/c1-19-5-2-6-20(17,18)12-7-10(14)13-4-3-9(8-13)11(15)16/h9,12H,2-8H2,1H3,(H,15,16). The molecule has 0 bridgehead atoms. The summed E-state index contributed by atoms with van der Waals surface area (Å²) in [7, 11) is -2.02. The van der Waals surface area contributed by atoms with Crippen LogP contribution in [0.3, 0.4) is 0 Å².